The first-order valence-corrected chi connectivity index (χ1v) is 13.5. The van der Waals surface area contributed by atoms with Crippen molar-refractivity contribution in [2.45, 2.75) is 51.1 Å². The highest BCUT2D eigenvalue weighted by molar-refractivity contribution is 5.94. The number of ether oxygens (including phenoxy) is 2. The second-order valence-electron chi connectivity index (χ2n) is 9.11. The summed E-state index contributed by atoms with van der Waals surface area (Å²) in [4.78, 5) is 25.9. The number of nitrogens with one attached hydrogen (secondary N) is 4. The molecule has 0 spiro atoms. The molecule has 12 nitrogen and oxygen atoms in total. The van der Waals surface area contributed by atoms with Gasteiger partial charge in [0.25, 0.3) is 5.91 Å². The fourth-order valence-electron chi connectivity index (χ4n) is 4.01. The van der Waals surface area contributed by atoms with Crippen molar-refractivity contribution in [3.05, 3.63) is 35.4 Å². The van der Waals surface area contributed by atoms with Crippen LogP contribution < -0.4 is 27.0 Å². The van der Waals surface area contributed by atoms with Crippen molar-refractivity contribution in [3.63, 3.8) is 0 Å². The molecule has 1 heterocycles. The minimum Gasteiger partial charge on any atom is -0.396 e. The molecule has 0 radical (unpaired) electrons. The number of aliphatic hydroxyl groups excluding tert-OH is 1. The summed E-state index contributed by atoms with van der Waals surface area (Å²) in [6.45, 7) is 3.97. The van der Waals surface area contributed by atoms with E-state index in [1.807, 2.05) is 12.1 Å². The van der Waals surface area contributed by atoms with Crippen LogP contribution in [0, 0.1) is 0 Å². The lowest BCUT2D eigenvalue weighted by Crippen LogP contribution is -2.27. The summed E-state index contributed by atoms with van der Waals surface area (Å²) in [7, 11) is 0. The Morgan fingerprint density at radius 1 is 0.895 bits per heavy atom. The summed E-state index contributed by atoms with van der Waals surface area (Å²) in [5.41, 5.74) is 6.92. The highest BCUT2D eigenvalue weighted by Gasteiger charge is 2.16. The third-order valence-corrected chi connectivity index (χ3v) is 6.02. The summed E-state index contributed by atoms with van der Waals surface area (Å²) in [5, 5.41) is 21.8. The molecule has 38 heavy (non-hydrogen) atoms. The molecule has 0 bridgehead atoms. The van der Waals surface area contributed by atoms with Gasteiger partial charge in [-0.15, -0.1) is 0 Å². The average Bonchev–Trinajstić information content (AvgIpc) is 2.94. The molecule has 1 aromatic carbocycles. The van der Waals surface area contributed by atoms with Gasteiger partial charge in [-0.2, -0.15) is 15.0 Å². The lowest BCUT2D eigenvalue weighted by atomic mass is 9.96. The van der Waals surface area contributed by atoms with Gasteiger partial charge in [0.1, 0.15) is 0 Å². The van der Waals surface area contributed by atoms with Gasteiger partial charge in [-0.3, -0.25) is 4.79 Å². The Morgan fingerprint density at radius 2 is 1.58 bits per heavy atom. The Kier molecular flexibility index (Phi) is 13.5. The normalized spacial score (nSPS) is 13.7. The number of hydrogen-bond acceptors (Lipinski definition) is 11. The molecule has 0 atom stereocenters. The minimum absolute atomic E-state index is 0.100. The number of carbonyl (C=O) groups is 1. The summed E-state index contributed by atoms with van der Waals surface area (Å²) in [6.07, 6.45) is 6.52. The van der Waals surface area contributed by atoms with Crippen LogP contribution in [-0.4, -0.2) is 84.7 Å². The van der Waals surface area contributed by atoms with Gasteiger partial charge in [0.2, 0.25) is 17.8 Å². The van der Waals surface area contributed by atoms with E-state index in [-0.39, 0.29) is 12.5 Å². The highest BCUT2D eigenvalue weighted by Crippen LogP contribution is 2.21. The maximum Gasteiger partial charge on any atom is 0.251 e. The second kappa shape index (κ2) is 17.4. The van der Waals surface area contributed by atoms with Crippen LogP contribution in [0.4, 0.5) is 17.8 Å². The predicted octanol–water partition coefficient (Wildman–Crippen LogP) is 1.74. The van der Waals surface area contributed by atoms with E-state index in [4.69, 9.17) is 20.3 Å². The van der Waals surface area contributed by atoms with Crippen LogP contribution in [0.2, 0.25) is 0 Å². The molecule has 7 N–H and O–H groups in total. The van der Waals surface area contributed by atoms with Gasteiger partial charge < -0.3 is 41.6 Å². The number of anilines is 3. The molecule has 1 saturated carbocycles. The first-order chi connectivity index (χ1) is 18.7. The Balaban J connectivity index is 1.47. The van der Waals surface area contributed by atoms with Crippen LogP contribution in [0.1, 0.15) is 54.4 Å². The Bertz CT molecular complexity index is 941. The van der Waals surface area contributed by atoms with Crippen LogP contribution in [0.25, 0.3) is 0 Å². The molecule has 3 rings (SSSR count). The van der Waals surface area contributed by atoms with Crippen LogP contribution in [0.15, 0.2) is 24.3 Å². The molecule has 210 valence electrons. The van der Waals surface area contributed by atoms with Gasteiger partial charge in [0, 0.05) is 44.4 Å². The highest BCUT2D eigenvalue weighted by atomic mass is 16.5. The number of aromatic nitrogens is 3. The smallest absolute Gasteiger partial charge is 0.251 e. The number of aliphatic hydroxyl groups is 1. The quantitative estimate of drug-likeness (QED) is 0.155. The summed E-state index contributed by atoms with van der Waals surface area (Å²) in [6, 6.07) is 7.74. The van der Waals surface area contributed by atoms with E-state index in [0.29, 0.717) is 88.5 Å². The monoisotopic (exact) mass is 530 g/mol. The van der Waals surface area contributed by atoms with Crippen molar-refractivity contribution in [1.82, 2.24) is 20.3 Å². The second-order valence-corrected chi connectivity index (χ2v) is 9.11. The molecule has 2 aromatic rings. The SMILES string of the molecule is NCCOCCOCCNC(=O)c1ccc(CNc2nc(NCCCO)nc(NC3CCCCC3)n2)cc1. The number of rotatable bonds is 18. The molecule has 1 aliphatic rings. The standard InChI is InChI=1S/C26H42N8O4/c27-11-15-37-17-18-38-16-13-28-23(36)21-9-7-20(8-10-21)19-30-25-32-24(29-12-4-14-35)33-26(34-25)31-22-5-2-1-3-6-22/h7-10,22,35H,1-6,11-19,27H2,(H,28,36)(H3,29,30,31,32,33,34). The van der Waals surface area contributed by atoms with Crippen LogP contribution in [-0.2, 0) is 16.0 Å². The van der Waals surface area contributed by atoms with Gasteiger partial charge in [-0.1, -0.05) is 31.4 Å². The summed E-state index contributed by atoms with van der Waals surface area (Å²) >= 11 is 0. The van der Waals surface area contributed by atoms with Gasteiger partial charge in [0.15, 0.2) is 0 Å². The Morgan fingerprint density at radius 3 is 2.29 bits per heavy atom. The van der Waals surface area contributed by atoms with Crippen LogP contribution in [0.5, 0.6) is 0 Å². The number of nitrogens with two attached hydrogens (primary N) is 1. The van der Waals surface area contributed by atoms with Crippen molar-refractivity contribution in [2.75, 3.05) is 68.6 Å². The van der Waals surface area contributed by atoms with Crippen molar-refractivity contribution in [2.24, 2.45) is 5.73 Å². The van der Waals surface area contributed by atoms with Crippen LogP contribution in [0.3, 0.4) is 0 Å². The molecule has 1 aromatic heterocycles. The molecular weight excluding hydrogens is 488 g/mol. The van der Waals surface area contributed by atoms with Gasteiger partial charge in [0.05, 0.1) is 26.4 Å². The van der Waals surface area contributed by atoms with E-state index in [1.165, 1.54) is 19.3 Å². The van der Waals surface area contributed by atoms with E-state index in [1.54, 1.807) is 12.1 Å². The molecule has 1 fully saturated rings. The van der Waals surface area contributed by atoms with Gasteiger partial charge in [-0.25, -0.2) is 0 Å². The maximum absolute atomic E-state index is 12.4. The zero-order valence-electron chi connectivity index (χ0n) is 22.1. The fourth-order valence-corrected chi connectivity index (χ4v) is 4.01. The van der Waals surface area contributed by atoms with E-state index in [0.717, 1.165) is 18.4 Å². The lowest BCUT2D eigenvalue weighted by molar-refractivity contribution is 0.0511. The van der Waals surface area contributed by atoms with Crippen LogP contribution >= 0.6 is 0 Å². The largest absolute Gasteiger partial charge is 0.396 e. The van der Waals surface area contributed by atoms with E-state index in [2.05, 4.69) is 36.2 Å². The molecule has 0 aliphatic heterocycles. The number of nitrogens with zero attached hydrogens (tertiary/aromatic N) is 3. The first-order valence-electron chi connectivity index (χ1n) is 13.5. The van der Waals surface area contributed by atoms with Crippen molar-refractivity contribution < 1.29 is 19.4 Å². The topological polar surface area (TPSA) is 169 Å². The third kappa shape index (κ3) is 11.1. The molecule has 1 amide bonds. The van der Waals surface area contributed by atoms with E-state index >= 15 is 0 Å². The first kappa shape index (κ1) is 29.5. The zero-order valence-corrected chi connectivity index (χ0v) is 22.1. The number of benzene rings is 1. The average molecular weight is 531 g/mol. The van der Waals surface area contributed by atoms with Crippen molar-refractivity contribution >= 4 is 23.8 Å². The van der Waals surface area contributed by atoms with E-state index < -0.39 is 0 Å². The number of hydrogen-bond donors (Lipinski definition) is 6. The summed E-state index contributed by atoms with van der Waals surface area (Å²) < 4.78 is 10.7. The molecule has 0 unspecified atom stereocenters. The van der Waals surface area contributed by atoms with Crippen molar-refractivity contribution in [3.8, 4) is 0 Å². The number of amides is 1. The zero-order chi connectivity index (χ0) is 26.8. The molecule has 1 aliphatic carbocycles. The van der Waals surface area contributed by atoms with E-state index in [9.17, 15) is 4.79 Å². The molecule has 0 saturated heterocycles. The predicted molar refractivity (Wildman–Crippen MR) is 147 cm³/mol. The third-order valence-electron chi connectivity index (χ3n) is 6.02. The maximum atomic E-state index is 12.4. The number of carbonyl (C=O) groups excluding carboxylic acids is 1. The van der Waals surface area contributed by atoms with Gasteiger partial charge >= 0.3 is 0 Å². The Labute approximate surface area is 224 Å². The molecule has 12 heteroatoms. The Hall–Kier alpha value is -3.06. The molecular formula is C26H42N8O4. The minimum atomic E-state index is -0.151. The summed E-state index contributed by atoms with van der Waals surface area (Å²) in [5.74, 6) is 1.32. The van der Waals surface area contributed by atoms with Crippen molar-refractivity contribution in [1.29, 1.82) is 0 Å². The van der Waals surface area contributed by atoms with Gasteiger partial charge in [-0.05, 0) is 37.0 Å². The fraction of sp³-hybridized carbons (Fsp3) is 0.615. The lowest BCUT2D eigenvalue weighted by Gasteiger charge is -2.23.